The van der Waals surface area contributed by atoms with E-state index in [0.717, 1.165) is 0 Å². The zero-order chi connectivity index (χ0) is 15.8. The Labute approximate surface area is 123 Å². The van der Waals surface area contributed by atoms with Crippen LogP contribution < -0.4 is 20.2 Å². The summed E-state index contributed by atoms with van der Waals surface area (Å²) in [7, 11) is 3.03. The standard InChI is InChI=1S/C14H19N3O4/c1-9(2)16-13(18)14(19)17-15-8-10-6-5-7-11(20-3)12(10)21-4/h5-9H,1-4H3,(H,16,18)(H,17,19)/b15-8-. The predicted octanol–water partition coefficient (Wildman–Crippen LogP) is 0.678. The first-order valence-electron chi connectivity index (χ1n) is 6.34. The van der Waals surface area contributed by atoms with Crippen molar-refractivity contribution in [3.63, 3.8) is 0 Å². The Morgan fingerprint density at radius 3 is 2.48 bits per heavy atom. The second kappa shape index (κ2) is 7.88. The lowest BCUT2D eigenvalue weighted by molar-refractivity contribution is -0.139. The molecule has 0 fully saturated rings. The lowest BCUT2D eigenvalue weighted by Crippen LogP contribution is -2.41. The number of hydrazone groups is 1. The Morgan fingerprint density at radius 1 is 1.19 bits per heavy atom. The first-order valence-corrected chi connectivity index (χ1v) is 6.34. The maximum Gasteiger partial charge on any atom is 0.329 e. The topological polar surface area (TPSA) is 89.0 Å². The Morgan fingerprint density at radius 2 is 1.90 bits per heavy atom. The van der Waals surface area contributed by atoms with E-state index in [9.17, 15) is 9.59 Å². The summed E-state index contributed by atoms with van der Waals surface area (Å²) in [5.74, 6) is -0.531. The summed E-state index contributed by atoms with van der Waals surface area (Å²) in [6.45, 7) is 3.52. The van der Waals surface area contributed by atoms with Crippen LogP contribution in [0.25, 0.3) is 0 Å². The van der Waals surface area contributed by atoms with Crippen molar-refractivity contribution in [2.45, 2.75) is 19.9 Å². The summed E-state index contributed by atoms with van der Waals surface area (Å²) < 4.78 is 10.4. The Kier molecular flexibility index (Phi) is 6.19. The zero-order valence-corrected chi connectivity index (χ0v) is 12.5. The van der Waals surface area contributed by atoms with Gasteiger partial charge in [-0.25, -0.2) is 5.43 Å². The Hall–Kier alpha value is -2.57. The van der Waals surface area contributed by atoms with E-state index in [1.165, 1.54) is 20.4 Å². The minimum absolute atomic E-state index is 0.120. The van der Waals surface area contributed by atoms with Crippen LogP contribution in [0.15, 0.2) is 23.3 Å². The number of methoxy groups -OCH3 is 2. The van der Waals surface area contributed by atoms with Gasteiger partial charge >= 0.3 is 11.8 Å². The van der Waals surface area contributed by atoms with E-state index in [4.69, 9.17) is 9.47 Å². The molecule has 1 aromatic rings. The van der Waals surface area contributed by atoms with E-state index in [2.05, 4.69) is 15.8 Å². The highest BCUT2D eigenvalue weighted by atomic mass is 16.5. The van der Waals surface area contributed by atoms with Gasteiger partial charge < -0.3 is 14.8 Å². The highest BCUT2D eigenvalue weighted by Crippen LogP contribution is 2.29. The van der Waals surface area contributed by atoms with Gasteiger partial charge in [-0.1, -0.05) is 6.07 Å². The number of hydrogen-bond donors (Lipinski definition) is 2. The number of hydrogen-bond acceptors (Lipinski definition) is 5. The van der Waals surface area contributed by atoms with Crippen LogP contribution in [0.4, 0.5) is 0 Å². The summed E-state index contributed by atoms with van der Waals surface area (Å²) in [5, 5.41) is 6.20. The minimum Gasteiger partial charge on any atom is -0.493 e. The fourth-order valence-corrected chi connectivity index (χ4v) is 1.55. The summed E-state index contributed by atoms with van der Waals surface area (Å²) in [5.41, 5.74) is 2.76. The van der Waals surface area contributed by atoms with Crippen molar-refractivity contribution in [2.75, 3.05) is 14.2 Å². The maximum absolute atomic E-state index is 11.5. The molecule has 0 aromatic heterocycles. The molecule has 2 amide bonds. The molecule has 0 saturated heterocycles. The van der Waals surface area contributed by atoms with E-state index >= 15 is 0 Å². The number of carbonyl (C=O) groups is 2. The Balaban J connectivity index is 2.74. The average molecular weight is 293 g/mol. The van der Waals surface area contributed by atoms with Crippen molar-refractivity contribution >= 4 is 18.0 Å². The molecule has 0 bridgehead atoms. The number of benzene rings is 1. The van der Waals surface area contributed by atoms with Gasteiger partial charge in [-0.3, -0.25) is 9.59 Å². The number of nitrogens with zero attached hydrogens (tertiary/aromatic N) is 1. The third kappa shape index (κ3) is 4.79. The lowest BCUT2D eigenvalue weighted by Gasteiger charge is -2.09. The normalized spacial score (nSPS) is 10.5. The monoisotopic (exact) mass is 293 g/mol. The molecular weight excluding hydrogens is 274 g/mol. The Bertz CT molecular complexity index is 541. The van der Waals surface area contributed by atoms with Crippen LogP contribution in [0.1, 0.15) is 19.4 Å². The second-order valence-electron chi connectivity index (χ2n) is 4.41. The molecule has 0 atom stereocenters. The van der Waals surface area contributed by atoms with Gasteiger partial charge in [0.05, 0.1) is 20.4 Å². The lowest BCUT2D eigenvalue weighted by atomic mass is 10.2. The maximum atomic E-state index is 11.5. The highest BCUT2D eigenvalue weighted by Gasteiger charge is 2.13. The first kappa shape index (κ1) is 16.5. The molecule has 0 saturated carbocycles. The van der Waals surface area contributed by atoms with Gasteiger partial charge in [0.1, 0.15) is 0 Å². The van der Waals surface area contributed by atoms with Gasteiger partial charge in [-0.05, 0) is 26.0 Å². The molecule has 0 heterocycles. The van der Waals surface area contributed by atoms with Crippen LogP contribution in [-0.4, -0.2) is 38.3 Å². The van der Waals surface area contributed by atoms with Gasteiger partial charge in [-0.15, -0.1) is 0 Å². The third-order valence-corrected chi connectivity index (χ3v) is 2.43. The van der Waals surface area contributed by atoms with Gasteiger partial charge in [0.15, 0.2) is 11.5 Å². The molecule has 114 valence electrons. The molecule has 0 aliphatic rings. The van der Waals surface area contributed by atoms with Crippen LogP contribution in [-0.2, 0) is 9.59 Å². The SMILES string of the molecule is COc1cccc(/C=N\NC(=O)C(=O)NC(C)C)c1OC. The first-order chi connectivity index (χ1) is 9.99. The third-order valence-electron chi connectivity index (χ3n) is 2.43. The van der Waals surface area contributed by atoms with Crippen LogP contribution in [0, 0.1) is 0 Å². The number of carbonyl (C=O) groups excluding carboxylic acids is 2. The number of ether oxygens (including phenoxy) is 2. The quantitative estimate of drug-likeness (QED) is 0.474. The molecule has 0 radical (unpaired) electrons. The fraction of sp³-hybridized carbons (Fsp3) is 0.357. The molecule has 1 rings (SSSR count). The van der Waals surface area contributed by atoms with E-state index in [-0.39, 0.29) is 6.04 Å². The largest absolute Gasteiger partial charge is 0.493 e. The minimum atomic E-state index is -0.832. The molecule has 7 nitrogen and oxygen atoms in total. The smallest absolute Gasteiger partial charge is 0.329 e. The van der Waals surface area contributed by atoms with Crippen LogP contribution >= 0.6 is 0 Å². The van der Waals surface area contributed by atoms with Crippen LogP contribution in [0.5, 0.6) is 11.5 Å². The summed E-state index contributed by atoms with van der Waals surface area (Å²) in [4.78, 5) is 22.8. The summed E-state index contributed by atoms with van der Waals surface area (Å²) >= 11 is 0. The average Bonchev–Trinajstić information content (AvgIpc) is 2.45. The predicted molar refractivity (Wildman–Crippen MR) is 78.6 cm³/mol. The van der Waals surface area contributed by atoms with Gasteiger partial charge in [0.25, 0.3) is 0 Å². The van der Waals surface area contributed by atoms with Gasteiger partial charge in [0, 0.05) is 11.6 Å². The van der Waals surface area contributed by atoms with Crippen molar-refractivity contribution in [3.05, 3.63) is 23.8 Å². The van der Waals surface area contributed by atoms with Gasteiger partial charge in [0.2, 0.25) is 0 Å². The van der Waals surface area contributed by atoms with E-state index < -0.39 is 11.8 Å². The fourth-order valence-electron chi connectivity index (χ4n) is 1.55. The molecule has 0 spiro atoms. The van der Waals surface area contributed by atoms with Crippen molar-refractivity contribution in [3.8, 4) is 11.5 Å². The number of para-hydroxylation sites is 1. The molecule has 2 N–H and O–H groups in total. The van der Waals surface area contributed by atoms with Crippen LogP contribution in [0.3, 0.4) is 0 Å². The summed E-state index contributed by atoms with van der Waals surface area (Å²) in [6, 6.07) is 5.12. The van der Waals surface area contributed by atoms with Crippen molar-refractivity contribution in [1.82, 2.24) is 10.7 Å². The molecule has 0 aliphatic heterocycles. The van der Waals surface area contributed by atoms with Crippen LogP contribution in [0.2, 0.25) is 0 Å². The number of rotatable bonds is 5. The molecule has 0 aliphatic carbocycles. The molecule has 7 heteroatoms. The van der Waals surface area contributed by atoms with E-state index in [0.29, 0.717) is 17.1 Å². The second-order valence-corrected chi connectivity index (χ2v) is 4.41. The van der Waals surface area contributed by atoms with E-state index in [1.54, 1.807) is 32.0 Å². The number of nitrogens with one attached hydrogen (secondary N) is 2. The van der Waals surface area contributed by atoms with Crippen molar-refractivity contribution in [2.24, 2.45) is 5.10 Å². The van der Waals surface area contributed by atoms with Gasteiger partial charge in [-0.2, -0.15) is 5.10 Å². The molecule has 1 aromatic carbocycles. The molecule has 21 heavy (non-hydrogen) atoms. The molecular formula is C14H19N3O4. The zero-order valence-electron chi connectivity index (χ0n) is 12.5. The molecule has 0 unspecified atom stereocenters. The van der Waals surface area contributed by atoms with E-state index in [1.807, 2.05) is 0 Å². The summed E-state index contributed by atoms with van der Waals surface area (Å²) in [6.07, 6.45) is 1.38. The number of amides is 2. The van der Waals surface area contributed by atoms with Crippen molar-refractivity contribution in [1.29, 1.82) is 0 Å². The van der Waals surface area contributed by atoms with Crippen molar-refractivity contribution < 1.29 is 19.1 Å². The highest BCUT2D eigenvalue weighted by molar-refractivity contribution is 6.35.